The van der Waals surface area contributed by atoms with Gasteiger partial charge in [0.05, 0.1) is 5.39 Å². The minimum Gasteiger partial charge on any atom is -0.266 e. The minimum absolute atomic E-state index is 0.359. The Morgan fingerprint density at radius 3 is 2.62 bits per heavy atom. The van der Waals surface area contributed by atoms with Gasteiger partial charge in [-0.15, -0.1) is 9.19 Å². The van der Waals surface area contributed by atoms with Crippen LogP contribution in [0.15, 0.2) is 29.1 Å². The van der Waals surface area contributed by atoms with Crippen LogP contribution in [0.2, 0.25) is 0 Å². The second-order valence-corrected chi connectivity index (χ2v) is 6.92. The predicted octanol–water partition coefficient (Wildman–Crippen LogP) is 2.62. The Balaban J connectivity index is 2.57. The molecule has 0 spiro atoms. The average Bonchev–Trinajstić information content (AvgIpc) is 2.21. The van der Waals surface area contributed by atoms with E-state index in [2.05, 4.69) is 10.3 Å². The summed E-state index contributed by atoms with van der Waals surface area (Å²) in [6, 6.07) is 6.83. The van der Waals surface area contributed by atoms with Crippen LogP contribution < -0.4 is 5.56 Å². The zero-order chi connectivity index (χ0) is 11.8. The summed E-state index contributed by atoms with van der Waals surface area (Å²) in [5.74, 6) is 0. The number of hydrogen-bond donors (Lipinski definition) is 0. The zero-order valence-electron chi connectivity index (χ0n) is 7.60. The first-order valence-corrected chi connectivity index (χ1v) is 5.99. The molecule has 0 saturated carbocycles. The van der Waals surface area contributed by atoms with Crippen molar-refractivity contribution < 1.29 is 0 Å². The zero-order valence-corrected chi connectivity index (χ0v) is 10.7. The molecule has 2 rings (SSSR count). The summed E-state index contributed by atoms with van der Waals surface area (Å²) in [5, 5.41) is 7.93. The SMILES string of the molecule is O=c1c2ccccc2nnn1SC(Cl)(Cl)Cl. The summed E-state index contributed by atoms with van der Waals surface area (Å²) in [4.78, 5) is 11.9. The molecule has 0 N–H and O–H groups in total. The van der Waals surface area contributed by atoms with Crippen molar-refractivity contribution in [1.82, 2.24) is 14.4 Å². The lowest BCUT2D eigenvalue weighted by Gasteiger charge is -2.09. The van der Waals surface area contributed by atoms with Crippen LogP contribution in [-0.4, -0.2) is 17.5 Å². The molecular formula is C8H4Cl3N3OS. The Hall–Kier alpha value is -0.490. The highest BCUT2D eigenvalue weighted by molar-refractivity contribution is 8.03. The van der Waals surface area contributed by atoms with E-state index >= 15 is 0 Å². The summed E-state index contributed by atoms with van der Waals surface area (Å²) in [7, 11) is 0. The molecule has 16 heavy (non-hydrogen) atoms. The van der Waals surface area contributed by atoms with Gasteiger partial charge in [0.2, 0.25) is 0 Å². The first-order chi connectivity index (χ1) is 7.47. The highest BCUT2D eigenvalue weighted by Crippen LogP contribution is 2.38. The summed E-state index contributed by atoms with van der Waals surface area (Å²) in [5.41, 5.74) is 0.149. The van der Waals surface area contributed by atoms with Crippen molar-refractivity contribution in [3.63, 3.8) is 0 Å². The standard InChI is InChI=1S/C8H4Cl3N3OS/c9-8(10,11)16-14-7(15)5-3-1-2-4-6(5)12-13-14/h1-4H. The molecule has 0 atom stereocenters. The van der Waals surface area contributed by atoms with Crippen LogP contribution in [0.25, 0.3) is 10.9 Å². The summed E-state index contributed by atoms with van der Waals surface area (Å²) >= 11 is 17.3. The van der Waals surface area contributed by atoms with Gasteiger partial charge in [0.1, 0.15) is 5.52 Å². The largest absolute Gasteiger partial charge is 0.288 e. The molecule has 0 fully saturated rings. The van der Waals surface area contributed by atoms with E-state index in [1.807, 2.05) is 0 Å². The monoisotopic (exact) mass is 295 g/mol. The highest BCUT2D eigenvalue weighted by Gasteiger charge is 2.24. The van der Waals surface area contributed by atoms with Crippen LogP contribution >= 0.6 is 46.8 Å². The molecule has 1 aromatic carbocycles. The molecule has 0 radical (unpaired) electrons. The molecule has 4 nitrogen and oxygen atoms in total. The van der Waals surface area contributed by atoms with Gasteiger partial charge in [-0.1, -0.05) is 52.1 Å². The lowest BCUT2D eigenvalue weighted by Crippen LogP contribution is -2.22. The van der Waals surface area contributed by atoms with Gasteiger partial charge < -0.3 is 0 Å². The molecule has 0 aliphatic carbocycles. The van der Waals surface area contributed by atoms with Crippen molar-refractivity contribution in [3.8, 4) is 0 Å². The maximum absolute atomic E-state index is 11.9. The molecule has 8 heteroatoms. The molecule has 0 aliphatic heterocycles. The number of halogens is 3. The van der Waals surface area contributed by atoms with Gasteiger partial charge in [-0.05, 0) is 12.1 Å². The lowest BCUT2D eigenvalue weighted by atomic mass is 10.2. The fourth-order valence-corrected chi connectivity index (χ4v) is 2.17. The molecule has 2 aromatic rings. The fraction of sp³-hybridized carbons (Fsp3) is 0.125. The van der Waals surface area contributed by atoms with Crippen molar-refractivity contribution in [3.05, 3.63) is 34.6 Å². The van der Waals surface area contributed by atoms with E-state index < -0.39 is 3.12 Å². The number of alkyl halides is 3. The van der Waals surface area contributed by atoms with E-state index in [0.29, 0.717) is 22.9 Å². The number of hydrogen-bond acceptors (Lipinski definition) is 4. The lowest BCUT2D eigenvalue weighted by molar-refractivity contribution is 0.820. The van der Waals surface area contributed by atoms with Crippen molar-refractivity contribution >= 4 is 57.7 Å². The molecule has 0 unspecified atom stereocenters. The van der Waals surface area contributed by atoms with Crippen LogP contribution in [0.3, 0.4) is 0 Å². The van der Waals surface area contributed by atoms with E-state index in [4.69, 9.17) is 34.8 Å². The van der Waals surface area contributed by atoms with E-state index in [9.17, 15) is 4.79 Å². The van der Waals surface area contributed by atoms with E-state index in [-0.39, 0.29) is 5.56 Å². The molecule has 1 aromatic heterocycles. The smallest absolute Gasteiger partial charge is 0.266 e. The Bertz CT molecular complexity index is 580. The van der Waals surface area contributed by atoms with E-state index in [0.717, 1.165) is 4.09 Å². The molecule has 0 saturated heterocycles. The van der Waals surface area contributed by atoms with Crippen LogP contribution in [-0.2, 0) is 0 Å². The number of aromatic nitrogens is 3. The Morgan fingerprint density at radius 1 is 1.25 bits per heavy atom. The van der Waals surface area contributed by atoms with Crippen molar-refractivity contribution in [2.75, 3.05) is 0 Å². The van der Waals surface area contributed by atoms with Crippen molar-refractivity contribution in [2.45, 2.75) is 3.12 Å². The van der Waals surface area contributed by atoms with Gasteiger partial charge in [-0.25, -0.2) is 0 Å². The first kappa shape index (κ1) is 12.0. The summed E-state index contributed by atoms with van der Waals surface area (Å²) < 4.78 is -0.698. The first-order valence-electron chi connectivity index (χ1n) is 4.08. The van der Waals surface area contributed by atoms with Crippen LogP contribution in [0.5, 0.6) is 0 Å². The maximum Gasteiger partial charge on any atom is 0.288 e. The number of benzene rings is 1. The third-order valence-electron chi connectivity index (χ3n) is 1.73. The number of fused-ring (bicyclic) bond motifs is 1. The Labute approximate surface area is 110 Å². The maximum atomic E-state index is 11.9. The second kappa shape index (κ2) is 4.41. The second-order valence-electron chi connectivity index (χ2n) is 2.82. The van der Waals surface area contributed by atoms with Gasteiger partial charge in [0.15, 0.2) is 0 Å². The third-order valence-corrected chi connectivity index (χ3v) is 2.97. The topological polar surface area (TPSA) is 47.8 Å². The van der Waals surface area contributed by atoms with Crippen molar-refractivity contribution in [2.24, 2.45) is 0 Å². The van der Waals surface area contributed by atoms with Gasteiger partial charge in [-0.2, -0.15) is 0 Å². The van der Waals surface area contributed by atoms with Gasteiger partial charge in [0.25, 0.3) is 8.68 Å². The van der Waals surface area contributed by atoms with Crippen LogP contribution in [0.1, 0.15) is 0 Å². The van der Waals surface area contributed by atoms with E-state index in [1.54, 1.807) is 24.3 Å². The Kier molecular flexibility index (Phi) is 3.30. The predicted molar refractivity (Wildman–Crippen MR) is 67.1 cm³/mol. The summed E-state index contributed by atoms with van der Waals surface area (Å²) in [6.45, 7) is 0. The van der Waals surface area contributed by atoms with Crippen LogP contribution in [0.4, 0.5) is 0 Å². The van der Waals surface area contributed by atoms with Gasteiger partial charge in [-0.3, -0.25) is 4.79 Å². The molecule has 84 valence electrons. The quantitative estimate of drug-likeness (QED) is 0.759. The number of rotatable bonds is 1. The number of nitrogens with zero attached hydrogens (tertiary/aromatic N) is 3. The van der Waals surface area contributed by atoms with E-state index in [1.165, 1.54) is 0 Å². The van der Waals surface area contributed by atoms with Crippen molar-refractivity contribution in [1.29, 1.82) is 0 Å². The minimum atomic E-state index is -1.65. The molecule has 0 amide bonds. The molecule has 0 aliphatic rings. The normalized spacial score (nSPS) is 11.9. The molecule has 0 bridgehead atoms. The van der Waals surface area contributed by atoms with Crippen LogP contribution in [0, 0.1) is 0 Å². The van der Waals surface area contributed by atoms with Gasteiger partial charge in [0, 0.05) is 11.9 Å². The molecular weight excluding hydrogens is 293 g/mol. The van der Waals surface area contributed by atoms with Gasteiger partial charge >= 0.3 is 0 Å². The highest BCUT2D eigenvalue weighted by atomic mass is 35.6. The molecule has 1 heterocycles. The third kappa shape index (κ3) is 2.60. The Morgan fingerprint density at radius 2 is 1.94 bits per heavy atom. The average molecular weight is 297 g/mol. The fourth-order valence-electron chi connectivity index (χ4n) is 1.13. The summed E-state index contributed by atoms with van der Waals surface area (Å²) in [6.07, 6.45) is 0.